The molecular formula is C16H15ClN2O2. The van der Waals surface area contributed by atoms with Gasteiger partial charge in [-0.15, -0.1) is 0 Å². The summed E-state index contributed by atoms with van der Waals surface area (Å²) in [4.78, 5) is 0. The molecule has 2 aromatic carbocycles. The van der Waals surface area contributed by atoms with Crippen molar-refractivity contribution in [2.45, 2.75) is 13.5 Å². The van der Waals surface area contributed by atoms with Crippen molar-refractivity contribution in [2.24, 2.45) is 0 Å². The SMILES string of the molecule is CCOc1cccc(CNc2ccc(C#N)c(Cl)c2)c1O. The van der Waals surface area contributed by atoms with Gasteiger partial charge in [-0.25, -0.2) is 0 Å². The van der Waals surface area contributed by atoms with Crippen LogP contribution in [0.3, 0.4) is 0 Å². The van der Waals surface area contributed by atoms with Crippen LogP contribution in [0.25, 0.3) is 0 Å². The van der Waals surface area contributed by atoms with Gasteiger partial charge < -0.3 is 15.2 Å². The lowest BCUT2D eigenvalue weighted by Gasteiger charge is -2.12. The average molecular weight is 303 g/mol. The molecule has 4 nitrogen and oxygen atoms in total. The number of nitriles is 1. The molecule has 0 spiro atoms. The van der Waals surface area contributed by atoms with E-state index in [0.29, 0.717) is 29.5 Å². The number of rotatable bonds is 5. The number of anilines is 1. The summed E-state index contributed by atoms with van der Waals surface area (Å²) in [5, 5.41) is 22.5. The van der Waals surface area contributed by atoms with Crippen LogP contribution in [-0.4, -0.2) is 11.7 Å². The second-order valence-corrected chi connectivity index (χ2v) is 4.76. The molecule has 0 aliphatic heterocycles. The molecule has 2 N–H and O–H groups in total. The van der Waals surface area contributed by atoms with Crippen LogP contribution >= 0.6 is 11.6 Å². The van der Waals surface area contributed by atoms with E-state index >= 15 is 0 Å². The zero-order chi connectivity index (χ0) is 15.2. The van der Waals surface area contributed by atoms with Gasteiger partial charge in [0.15, 0.2) is 11.5 Å². The van der Waals surface area contributed by atoms with Gasteiger partial charge in [-0.1, -0.05) is 23.7 Å². The van der Waals surface area contributed by atoms with Crippen molar-refractivity contribution in [3.05, 3.63) is 52.5 Å². The minimum atomic E-state index is 0.131. The molecule has 108 valence electrons. The predicted molar refractivity (Wildman–Crippen MR) is 82.8 cm³/mol. The second-order valence-electron chi connectivity index (χ2n) is 4.36. The molecule has 2 aromatic rings. The Kier molecular flexibility index (Phi) is 4.91. The highest BCUT2D eigenvalue weighted by Gasteiger charge is 2.08. The number of para-hydroxylation sites is 1. The zero-order valence-electron chi connectivity index (χ0n) is 11.6. The normalized spacial score (nSPS) is 9.95. The van der Waals surface area contributed by atoms with Gasteiger partial charge in [0.05, 0.1) is 17.2 Å². The average Bonchev–Trinajstić information content (AvgIpc) is 2.48. The van der Waals surface area contributed by atoms with E-state index in [4.69, 9.17) is 21.6 Å². The first-order chi connectivity index (χ1) is 10.2. The number of hydrogen-bond donors (Lipinski definition) is 2. The maximum absolute atomic E-state index is 10.1. The van der Waals surface area contributed by atoms with Crippen molar-refractivity contribution in [3.8, 4) is 17.6 Å². The van der Waals surface area contributed by atoms with Crippen LogP contribution in [0.1, 0.15) is 18.1 Å². The molecule has 5 heteroatoms. The van der Waals surface area contributed by atoms with Crippen LogP contribution in [0.2, 0.25) is 5.02 Å². The third kappa shape index (κ3) is 3.59. The fraction of sp³-hybridized carbons (Fsp3) is 0.188. The third-order valence-corrected chi connectivity index (χ3v) is 3.27. The molecular weight excluding hydrogens is 288 g/mol. The van der Waals surface area contributed by atoms with Crippen molar-refractivity contribution < 1.29 is 9.84 Å². The first-order valence-electron chi connectivity index (χ1n) is 6.53. The van der Waals surface area contributed by atoms with Crippen molar-refractivity contribution in [1.82, 2.24) is 0 Å². The Morgan fingerprint density at radius 1 is 1.33 bits per heavy atom. The van der Waals surface area contributed by atoms with E-state index in [-0.39, 0.29) is 5.75 Å². The van der Waals surface area contributed by atoms with Gasteiger partial charge in [0.1, 0.15) is 6.07 Å². The van der Waals surface area contributed by atoms with Crippen molar-refractivity contribution >= 4 is 17.3 Å². The maximum Gasteiger partial charge on any atom is 0.162 e. The van der Waals surface area contributed by atoms with Gasteiger partial charge in [-0.05, 0) is 31.2 Å². The highest BCUT2D eigenvalue weighted by atomic mass is 35.5. The number of nitrogens with zero attached hydrogens (tertiary/aromatic N) is 1. The van der Waals surface area contributed by atoms with Gasteiger partial charge >= 0.3 is 0 Å². The van der Waals surface area contributed by atoms with Gasteiger partial charge in [-0.3, -0.25) is 0 Å². The topological polar surface area (TPSA) is 65.3 Å². The summed E-state index contributed by atoms with van der Waals surface area (Å²) < 4.78 is 5.34. The lowest BCUT2D eigenvalue weighted by atomic mass is 10.1. The molecule has 0 atom stereocenters. The molecule has 0 fully saturated rings. The van der Waals surface area contributed by atoms with E-state index in [9.17, 15) is 5.11 Å². The van der Waals surface area contributed by atoms with Crippen molar-refractivity contribution in [1.29, 1.82) is 5.26 Å². The van der Waals surface area contributed by atoms with Crippen LogP contribution < -0.4 is 10.1 Å². The number of ether oxygens (including phenoxy) is 1. The largest absolute Gasteiger partial charge is 0.504 e. The molecule has 2 rings (SSSR count). The number of phenolic OH excluding ortho intramolecular Hbond substituents is 1. The smallest absolute Gasteiger partial charge is 0.162 e. The Morgan fingerprint density at radius 3 is 2.81 bits per heavy atom. The number of phenols is 1. The van der Waals surface area contributed by atoms with E-state index in [2.05, 4.69) is 5.32 Å². The molecule has 0 aromatic heterocycles. The van der Waals surface area contributed by atoms with Gasteiger partial charge in [-0.2, -0.15) is 5.26 Å². The fourth-order valence-electron chi connectivity index (χ4n) is 1.90. The summed E-state index contributed by atoms with van der Waals surface area (Å²) in [6.45, 7) is 2.79. The first kappa shape index (κ1) is 15.0. The summed E-state index contributed by atoms with van der Waals surface area (Å²) >= 11 is 5.98. The molecule has 21 heavy (non-hydrogen) atoms. The number of nitrogens with one attached hydrogen (secondary N) is 1. The quantitative estimate of drug-likeness (QED) is 0.878. The van der Waals surface area contributed by atoms with E-state index < -0.39 is 0 Å². The van der Waals surface area contributed by atoms with Crippen LogP contribution in [0.4, 0.5) is 5.69 Å². The molecule has 0 saturated carbocycles. The van der Waals surface area contributed by atoms with Gasteiger partial charge in [0.25, 0.3) is 0 Å². The van der Waals surface area contributed by atoms with Gasteiger partial charge in [0, 0.05) is 17.8 Å². The zero-order valence-corrected chi connectivity index (χ0v) is 12.3. The van der Waals surface area contributed by atoms with E-state index in [1.807, 2.05) is 25.1 Å². The monoisotopic (exact) mass is 302 g/mol. The lowest BCUT2D eigenvalue weighted by molar-refractivity contribution is 0.317. The van der Waals surface area contributed by atoms with E-state index in [1.165, 1.54) is 0 Å². The van der Waals surface area contributed by atoms with Gasteiger partial charge in [0.2, 0.25) is 0 Å². The summed E-state index contributed by atoms with van der Waals surface area (Å²) in [5.74, 6) is 0.598. The highest BCUT2D eigenvalue weighted by molar-refractivity contribution is 6.32. The molecule has 0 aliphatic rings. The minimum Gasteiger partial charge on any atom is -0.504 e. The van der Waals surface area contributed by atoms with Crippen molar-refractivity contribution in [3.63, 3.8) is 0 Å². The Morgan fingerprint density at radius 2 is 2.14 bits per heavy atom. The standard InChI is InChI=1S/C16H15ClN2O2/c1-2-21-15-5-3-4-12(16(15)20)10-19-13-7-6-11(9-18)14(17)8-13/h3-8,19-20H,2,10H2,1H3. The van der Waals surface area contributed by atoms with Crippen LogP contribution in [0.15, 0.2) is 36.4 Å². The molecule has 0 bridgehead atoms. The number of halogens is 1. The second kappa shape index (κ2) is 6.87. The van der Waals surface area contributed by atoms with E-state index in [1.54, 1.807) is 24.3 Å². The highest BCUT2D eigenvalue weighted by Crippen LogP contribution is 2.30. The third-order valence-electron chi connectivity index (χ3n) is 2.95. The molecule has 0 unspecified atom stereocenters. The number of aromatic hydroxyl groups is 1. The van der Waals surface area contributed by atoms with Crippen molar-refractivity contribution in [2.75, 3.05) is 11.9 Å². The number of hydrogen-bond acceptors (Lipinski definition) is 4. The minimum absolute atomic E-state index is 0.131. The maximum atomic E-state index is 10.1. The molecule has 0 radical (unpaired) electrons. The summed E-state index contributed by atoms with van der Waals surface area (Å²) in [6.07, 6.45) is 0. The summed E-state index contributed by atoms with van der Waals surface area (Å²) in [6, 6.07) is 12.5. The number of benzene rings is 2. The first-order valence-corrected chi connectivity index (χ1v) is 6.90. The Labute approximate surface area is 128 Å². The van der Waals surface area contributed by atoms with E-state index in [0.717, 1.165) is 11.3 Å². The molecule has 0 aliphatic carbocycles. The molecule has 0 amide bonds. The predicted octanol–water partition coefficient (Wildman–Crippen LogP) is 3.93. The molecule has 0 saturated heterocycles. The Hall–Kier alpha value is -2.38. The van der Waals surface area contributed by atoms with Crippen LogP contribution in [-0.2, 0) is 6.54 Å². The Balaban J connectivity index is 2.11. The molecule has 0 heterocycles. The summed E-state index contributed by atoms with van der Waals surface area (Å²) in [7, 11) is 0. The van der Waals surface area contributed by atoms with Crippen LogP contribution in [0, 0.1) is 11.3 Å². The van der Waals surface area contributed by atoms with Crippen LogP contribution in [0.5, 0.6) is 11.5 Å². The Bertz CT molecular complexity index is 680. The summed E-state index contributed by atoms with van der Waals surface area (Å²) in [5.41, 5.74) is 1.94. The lowest BCUT2D eigenvalue weighted by Crippen LogP contribution is -2.01. The fourth-order valence-corrected chi connectivity index (χ4v) is 2.12.